The first-order valence-corrected chi connectivity index (χ1v) is 6.05. The van der Waals surface area contributed by atoms with Crippen molar-refractivity contribution in [3.63, 3.8) is 0 Å². The van der Waals surface area contributed by atoms with Crippen LogP contribution in [-0.2, 0) is 4.79 Å². The fourth-order valence-corrected chi connectivity index (χ4v) is 1.65. The molecule has 2 aromatic rings. The molecule has 0 unspecified atom stereocenters. The van der Waals surface area contributed by atoms with Gasteiger partial charge in [-0.1, -0.05) is 11.6 Å². The molecule has 0 bridgehead atoms. The van der Waals surface area contributed by atoms with Crippen LogP contribution in [0.3, 0.4) is 0 Å². The minimum Gasteiger partial charge on any atom is -0.439 e. The molecular formula is C12H9ClN4O4. The molecule has 0 atom stereocenters. The smallest absolute Gasteiger partial charge is 0.306 e. The molecule has 2 aromatic heterocycles. The number of ether oxygens (including phenoxy) is 1. The third kappa shape index (κ3) is 3.86. The third-order valence-corrected chi connectivity index (χ3v) is 2.57. The molecule has 0 radical (unpaired) electrons. The van der Waals surface area contributed by atoms with Crippen LogP contribution in [-0.4, -0.2) is 20.8 Å². The van der Waals surface area contributed by atoms with Gasteiger partial charge in [0.1, 0.15) is 22.8 Å². The number of nitrogens with one attached hydrogen (secondary N) is 1. The molecule has 0 aliphatic carbocycles. The van der Waals surface area contributed by atoms with Crippen LogP contribution >= 0.6 is 11.6 Å². The SMILES string of the molecule is CC(=O)Nc1cc(Oc2cc(Cl)c([N+](=O)[O-])cn2)ccn1. The molecule has 108 valence electrons. The Morgan fingerprint density at radius 2 is 2.19 bits per heavy atom. The number of anilines is 1. The summed E-state index contributed by atoms with van der Waals surface area (Å²) in [6.45, 7) is 1.35. The van der Waals surface area contributed by atoms with Gasteiger partial charge in [0.25, 0.3) is 0 Å². The van der Waals surface area contributed by atoms with Crippen molar-refractivity contribution >= 4 is 29.0 Å². The lowest BCUT2D eigenvalue weighted by Crippen LogP contribution is -2.07. The van der Waals surface area contributed by atoms with Gasteiger partial charge in [-0.05, 0) is 6.07 Å². The zero-order valence-corrected chi connectivity index (χ0v) is 11.5. The van der Waals surface area contributed by atoms with Crippen LogP contribution in [0.4, 0.5) is 11.5 Å². The number of hydrogen-bond acceptors (Lipinski definition) is 6. The summed E-state index contributed by atoms with van der Waals surface area (Å²) < 4.78 is 5.41. The van der Waals surface area contributed by atoms with Gasteiger partial charge < -0.3 is 10.1 Å². The molecule has 0 aliphatic heterocycles. The molecular weight excluding hydrogens is 300 g/mol. The number of amides is 1. The number of rotatable bonds is 4. The Bertz CT molecular complexity index is 707. The maximum atomic E-state index is 10.9. The van der Waals surface area contributed by atoms with Crippen molar-refractivity contribution in [2.24, 2.45) is 0 Å². The van der Waals surface area contributed by atoms with E-state index < -0.39 is 4.92 Å². The Kier molecular flexibility index (Phi) is 4.29. The molecule has 0 aliphatic rings. The first kappa shape index (κ1) is 14.7. The molecule has 2 heterocycles. The molecule has 0 spiro atoms. The number of halogens is 1. The Labute approximate surface area is 123 Å². The van der Waals surface area contributed by atoms with Gasteiger partial charge in [0, 0.05) is 25.3 Å². The lowest BCUT2D eigenvalue weighted by molar-refractivity contribution is -0.385. The van der Waals surface area contributed by atoms with Crippen LogP contribution < -0.4 is 10.1 Å². The summed E-state index contributed by atoms with van der Waals surface area (Å²) in [4.78, 5) is 28.7. The number of pyridine rings is 2. The molecule has 0 saturated heterocycles. The quantitative estimate of drug-likeness (QED) is 0.687. The highest BCUT2D eigenvalue weighted by molar-refractivity contribution is 6.32. The van der Waals surface area contributed by atoms with E-state index in [1.165, 1.54) is 25.3 Å². The van der Waals surface area contributed by atoms with E-state index in [0.29, 0.717) is 11.6 Å². The van der Waals surface area contributed by atoms with Crippen LogP contribution in [0, 0.1) is 10.1 Å². The summed E-state index contributed by atoms with van der Waals surface area (Å²) in [5.74, 6) is 0.487. The largest absolute Gasteiger partial charge is 0.439 e. The Morgan fingerprint density at radius 3 is 2.81 bits per heavy atom. The van der Waals surface area contributed by atoms with Gasteiger partial charge in [-0.3, -0.25) is 14.9 Å². The van der Waals surface area contributed by atoms with E-state index >= 15 is 0 Å². The molecule has 0 aromatic carbocycles. The zero-order valence-electron chi connectivity index (χ0n) is 10.7. The third-order valence-electron chi connectivity index (χ3n) is 2.26. The minimum absolute atomic E-state index is 0.0823. The molecule has 2 rings (SSSR count). The maximum Gasteiger partial charge on any atom is 0.306 e. The highest BCUT2D eigenvalue weighted by Gasteiger charge is 2.14. The number of hydrogen-bond donors (Lipinski definition) is 1. The van der Waals surface area contributed by atoms with Crippen molar-refractivity contribution < 1.29 is 14.5 Å². The van der Waals surface area contributed by atoms with E-state index in [4.69, 9.17) is 16.3 Å². The second-order valence-electron chi connectivity index (χ2n) is 3.89. The van der Waals surface area contributed by atoms with Gasteiger partial charge in [0.2, 0.25) is 11.8 Å². The maximum absolute atomic E-state index is 10.9. The Hall–Kier alpha value is -2.74. The normalized spacial score (nSPS) is 10.0. The average Bonchev–Trinajstić information content (AvgIpc) is 2.37. The van der Waals surface area contributed by atoms with Crippen molar-refractivity contribution in [3.05, 3.63) is 45.7 Å². The van der Waals surface area contributed by atoms with E-state index in [-0.39, 0.29) is 22.5 Å². The van der Waals surface area contributed by atoms with Crippen molar-refractivity contribution in [2.75, 3.05) is 5.32 Å². The van der Waals surface area contributed by atoms with E-state index in [9.17, 15) is 14.9 Å². The summed E-state index contributed by atoms with van der Waals surface area (Å²) >= 11 is 5.76. The van der Waals surface area contributed by atoms with E-state index in [0.717, 1.165) is 6.20 Å². The lowest BCUT2D eigenvalue weighted by atomic mass is 10.4. The van der Waals surface area contributed by atoms with Crippen LogP contribution in [0.5, 0.6) is 11.6 Å². The fourth-order valence-electron chi connectivity index (χ4n) is 1.44. The number of aromatic nitrogens is 2. The Balaban J connectivity index is 2.20. The second-order valence-corrected chi connectivity index (χ2v) is 4.30. The average molecular weight is 309 g/mol. The molecule has 1 amide bonds. The highest BCUT2D eigenvalue weighted by Crippen LogP contribution is 2.29. The van der Waals surface area contributed by atoms with Crippen LogP contribution in [0.1, 0.15) is 6.92 Å². The predicted molar refractivity (Wildman–Crippen MR) is 74.5 cm³/mol. The molecule has 21 heavy (non-hydrogen) atoms. The van der Waals surface area contributed by atoms with Gasteiger partial charge in [-0.2, -0.15) is 0 Å². The van der Waals surface area contributed by atoms with Crippen molar-refractivity contribution in [1.82, 2.24) is 9.97 Å². The fraction of sp³-hybridized carbons (Fsp3) is 0.0833. The first-order chi connectivity index (χ1) is 9.95. The van der Waals surface area contributed by atoms with E-state index in [1.807, 2.05) is 0 Å². The molecule has 8 nitrogen and oxygen atoms in total. The van der Waals surface area contributed by atoms with Crippen molar-refractivity contribution in [2.45, 2.75) is 6.92 Å². The number of nitrogens with zero attached hydrogens (tertiary/aromatic N) is 3. The first-order valence-electron chi connectivity index (χ1n) is 5.67. The molecule has 0 fully saturated rings. The van der Waals surface area contributed by atoms with Crippen LogP contribution in [0.25, 0.3) is 0 Å². The topological polar surface area (TPSA) is 107 Å². The standard InChI is InChI=1S/C12H9ClN4O4/c1-7(18)16-11-4-8(2-3-14-11)21-12-5-9(13)10(6-15-12)17(19)20/h2-6H,1H3,(H,14,16,18). The summed E-state index contributed by atoms with van der Waals surface area (Å²) in [5, 5.41) is 13.0. The van der Waals surface area contributed by atoms with Crippen LogP contribution in [0.2, 0.25) is 5.02 Å². The molecule has 9 heteroatoms. The van der Waals surface area contributed by atoms with Gasteiger partial charge in [0.05, 0.1) is 4.92 Å². The summed E-state index contributed by atoms with van der Waals surface area (Å²) in [7, 11) is 0. The second kappa shape index (κ2) is 6.14. The monoisotopic (exact) mass is 308 g/mol. The van der Waals surface area contributed by atoms with E-state index in [1.54, 1.807) is 6.07 Å². The van der Waals surface area contributed by atoms with Crippen molar-refractivity contribution in [3.8, 4) is 11.6 Å². The van der Waals surface area contributed by atoms with Gasteiger partial charge >= 0.3 is 5.69 Å². The van der Waals surface area contributed by atoms with E-state index in [2.05, 4.69) is 15.3 Å². The molecule has 1 N–H and O–H groups in total. The van der Waals surface area contributed by atoms with Crippen molar-refractivity contribution in [1.29, 1.82) is 0 Å². The summed E-state index contributed by atoms with van der Waals surface area (Å²) in [6, 6.07) is 4.26. The molecule has 0 saturated carbocycles. The predicted octanol–water partition coefficient (Wildman–Crippen LogP) is 2.79. The number of carbonyl (C=O) groups excluding carboxylic acids is 1. The minimum atomic E-state index is -0.638. The summed E-state index contributed by atoms with van der Waals surface area (Å²) in [5.41, 5.74) is -0.308. The van der Waals surface area contributed by atoms with Gasteiger partial charge in [-0.25, -0.2) is 9.97 Å². The van der Waals surface area contributed by atoms with Gasteiger partial charge in [-0.15, -0.1) is 0 Å². The Morgan fingerprint density at radius 1 is 1.43 bits per heavy atom. The number of carbonyl (C=O) groups is 1. The highest BCUT2D eigenvalue weighted by atomic mass is 35.5. The van der Waals surface area contributed by atoms with Gasteiger partial charge in [0.15, 0.2) is 0 Å². The number of nitro groups is 1. The van der Waals surface area contributed by atoms with Crippen LogP contribution in [0.15, 0.2) is 30.6 Å². The zero-order chi connectivity index (χ0) is 15.4. The summed E-state index contributed by atoms with van der Waals surface area (Å²) in [6.07, 6.45) is 2.45. The lowest BCUT2D eigenvalue weighted by Gasteiger charge is -2.06.